The van der Waals surface area contributed by atoms with E-state index >= 15 is 0 Å². The van der Waals surface area contributed by atoms with Crippen LogP contribution in [0.5, 0.6) is 0 Å². The van der Waals surface area contributed by atoms with E-state index in [0.717, 1.165) is 0 Å². The van der Waals surface area contributed by atoms with Gasteiger partial charge in [0.15, 0.2) is 0 Å². The molecule has 1 atom stereocenters. The van der Waals surface area contributed by atoms with Crippen LogP contribution in [-0.4, -0.2) is 36.1 Å². The zero-order valence-electron chi connectivity index (χ0n) is 6.62. The summed E-state index contributed by atoms with van der Waals surface area (Å²) in [5.41, 5.74) is 10.1. The molecule has 0 aromatic carbocycles. The highest BCUT2D eigenvalue weighted by molar-refractivity contribution is 5.87. The van der Waals surface area contributed by atoms with Gasteiger partial charge < -0.3 is 21.9 Å². The monoisotopic (exact) mass is 175 g/mol. The predicted octanol–water partition coefficient (Wildman–Crippen LogP) is -2.70. The quantitative estimate of drug-likeness (QED) is 0.363. The third-order valence-corrected chi connectivity index (χ3v) is 1.17. The highest BCUT2D eigenvalue weighted by Gasteiger charge is 2.14. The van der Waals surface area contributed by atoms with Crippen LogP contribution in [0.15, 0.2) is 0 Å². The number of rotatable bonds is 5. The van der Waals surface area contributed by atoms with E-state index in [4.69, 9.17) is 16.6 Å². The lowest BCUT2D eigenvalue weighted by molar-refractivity contribution is -0.126. The number of nitrogens with two attached hydrogens (primary N) is 2. The molecule has 0 fully saturated rings. The number of carbonyl (C=O) groups excluding carboxylic acids is 2. The number of carbonyl (C=O) groups is 2. The molecule has 0 saturated heterocycles. The fourth-order valence-corrected chi connectivity index (χ4v) is 0.620. The molecule has 0 rings (SSSR count). The Kier molecular flexibility index (Phi) is 4.98. The van der Waals surface area contributed by atoms with E-state index in [1.54, 1.807) is 0 Å². The maximum atomic E-state index is 10.9. The van der Waals surface area contributed by atoms with Crippen molar-refractivity contribution in [2.75, 3.05) is 13.2 Å². The second-order valence-electron chi connectivity index (χ2n) is 2.29. The number of aliphatic hydroxyl groups excluding tert-OH is 1. The minimum Gasteiger partial charge on any atom is -0.395 e. The molecule has 0 aliphatic rings. The predicted molar refractivity (Wildman–Crippen MR) is 41.9 cm³/mol. The summed E-state index contributed by atoms with van der Waals surface area (Å²) in [6, 6.07) is -0.922. The molecule has 6 nitrogen and oxygen atoms in total. The summed E-state index contributed by atoms with van der Waals surface area (Å²) >= 11 is 0. The zero-order chi connectivity index (χ0) is 9.56. The Morgan fingerprint density at radius 2 is 2.08 bits per heavy atom. The van der Waals surface area contributed by atoms with Gasteiger partial charge in [-0.1, -0.05) is 0 Å². The first kappa shape index (κ1) is 10.9. The maximum absolute atomic E-state index is 10.9. The number of hydrogen-bond acceptors (Lipinski definition) is 4. The second-order valence-corrected chi connectivity index (χ2v) is 2.29. The molecule has 0 aromatic rings. The maximum Gasteiger partial charge on any atom is 0.237 e. The van der Waals surface area contributed by atoms with Crippen molar-refractivity contribution < 1.29 is 14.7 Å². The van der Waals surface area contributed by atoms with E-state index in [9.17, 15) is 9.59 Å². The molecule has 0 aliphatic carbocycles. The standard InChI is InChI=1S/C6H13N3O3/c7-4(3-5(8)11)6(12)9-1-2-10/h4,10H,1-3,7H2,(H2,8,11)(H,9,12)/t4-/m0/s1. The first-order valence-electron chi connectivity index (χ1n) is 3.50. The van der Waals surface area contributed by atoms with Gasteiger partial charge in [-0.2, -0.15) is 0 Å². The Bertz CT molecular complexity index is 171. The molecule has 2 amide bonds. The van der Waals surface area contributed by atoms with Crippen molar-refractivity contribution in [2.45, 2.75) is 12.5 Å². The molecule has 12 heavy (non-hydrogen) atoms. The number of hydrogen-bond donors (Lipinski definition) is 4. The lowest BCUT2D eigenvalue weighted by Crippen LogP contribution is -2.43. The van der Waals surface area contributed by atoms with Crippen LogP contribution in [0, 0.1) is 0 Å². The van der Waals surface area contributed by atoms with Gasteiger partial charge in [0.2, 0.25) is 11.8 Å². The van der Waals surface area contributed by atoms with Gasteiger partial charge in [0.05, 0.1) is 19.1 Å². The fraction of sp³-hybridized carbons (Fsp3) is 0.667. The number of primary amides is 1. The molecule has 0 unspecified atom stereocenters. The van der Waals surface area contributed by atoms with Crippen molar-refractivity contribution in [1.29, 1.82) is 0 Å². The van der Waals surface area contributed by atoms with Crippen molar-refractivity contribution in [3.8, 4) is 0 Å². The molecular weight excluding hydrogens is 162 g/mol. The Balaban J connectivity index is 3.69. The summed E-state index contributed by atoms with van der Waals surface area (Å²) in [5, 5.41) is 10.6. The van der Waals surface area contributed by atoms with Crippen LogP contribution in [0.4, 0.5) is 0 Å². The first-order chi connectivity index (χ1) is 5.57. The Morgan fingerprint density at radius 3 is 2.50 bits per heavy atom. The number of nitrogens with one attached hydrogen (secondary N) is 1. The van der Waals surface area contributed by atoms with Gasteiger partial charge in [-0.05, 0) is 0 Å². The Morgan fingerprint density at radius 1 is 1.50 bits per heavy atom. The van der Waals surface area contributed by atoms with Gasteiger partial charge in [-0.3, -0.25) is 9.59 Å². The van der Waals surface area contributed by atoms with E-state index in [0.29, 0.717) is 0 Å². The summed E-state index contributed by atoms with van der Waals surface area (Å²) in [5.74, 6) is -1.11. The topological polar surface area (TPSA) is 118 Å². The smallest absolute Gasteiger partial charge is 0.237 e. The zero-order valence-corrected chi connectivity index (χ0v) is 6.62. The van der Waals surface area contributed by atoms with Crippen LogP contribution >= 0.6 is 0 Å². The van der Waals surface area contributed by atoms with Crippen molar-refractivity contribution in [1.82, 2.24) is 5.32 Å². The van der Waals surface area contributed by atoms with Crippen LogP contribution in [0.3, 0.4) is 0 Å². The van der Waals surface area contributed by atoms with E-state index in [1.165, 1.54) is 0 Å². The van der Waals surface area contributed by atoms with Gasteiger partial charge in [0.25, 0.3) is 0 Å². The summed E-state index contributed by atoms with van der Waals surface area (Å²) in [6.45, 7) is -0.0275. The van der Waals surface area contributed by atoms with Crippen LogP contribution in [0.25, 0.3) is 0 Å². The molecule has 6 heteroatoms. The minimum atomic E-state index is -0.922. The molecule has 0 saturated carbocycles. The molecule has 70 valence electrons. The molecule has 0 bridgehead atoms. The van der Waals surface area contributed by atoms with E-state index < -0.39 is 17.9 Å². The fourth-order valence-electron chi connectivity index (χ4n) is 0.620. The summed E-state index contributed by atoms with van der Waals surface area (Å²) in [6.07, 6.45) is -0.183. The SMILES string of the molecule is NC(=O)C[C@H](N)C(=O)NCCO. The molecular formula is C6H13N3O3. The summed E-state index contributed by atoms with van der Waals surface area (Å²) in [7, 11) is 0. The lowest BCUT2D eigenvalue weighted by atomic mass is 10.2. The van der Waals surface area contributed by atoms with E-state index in [2.05, 4.69) is 5.32 Å². The minimum absolute atomic E-state index is 0.130. The third-order valence-electron chi connectivity index (χ3n) is 1.17. The largest absolute Gasteiger partial charge is 0.395 e. The number of aliphatic hydroxyl groups is 1. The van der Waals surface area contributed by atoms with Gasteiger partial charge >= 0.3 is 0 Å². The van der Waals surface area contributed by atoms with Crippen molar-refractivity contribution in [2.24, 2.45) is 11.5 Å². The van der Waals surface area contributed by atoms with Gasteiger partial charge in [0.1, 0.15) is 0 Å². The second kappa shape index (κ2) is 5.50. The average molecular weight is 175 g/mol. The molecule has 6 N–H and O–H groups in total. The third kappa shape index (κ3) is 4.64. The van der Waals surface area contributed by atoms with Crippen molar-refractivity contribution in [3.05, 3.63) is 0 Å². The summed E-state index contributed by atoms with van der Waals surface area (Å²) in [4.78, 5) is 21.2. The average Bonchev–Trinajstić information content (AvgIpc) is 1.98. The molecule has 0 aromatic heterocycles. The van der Waals surface area contributed by atoms with E-state index in [1.807, 2.05) is 0 Å². The van der Waals surface area contributed by atoms with Crippen LogP contribution in [-0.2, 0) is 9.59 Å². The highest BCUT2D eigenvalue weighted by atomic mass is 16.3. The van der Waals surface area contributed by atoms with Crippen molar-refractivity contribution in [3.63, 3.8) is 0 Å². The first-order valence-corrected chi connectivity index (χ1v) is 3.50. The van der Waals surface area contributed by atoms with E-state index in [-0.39, 0.29) is 19.6 Å². The van der Waals surface area contributed by atoms with Crippen molar-refractivity contribution >= 4 is 11.8 Å². The van der Waals surface area contributed by atoms with Gasteiger partial charge in [-0.15, -0.1) is 0 Å². The summed E-state index contributed by atoms with van der Waals surface area (Å²) < 4.78 is 0. The Labute approximate surface area is 69.9 Å². The molecule has 0 heterocycles. The highest BCUT2D eigenvalue weighted by Crippen LogP contribution is 1.85. The Hall–Kier alpha value is -1.14. The normalized spacial score (nSPS) is 12.2. The lowest BCUT2D eigenvalue weighted by Gasteiger charge is -2.08. The van der Waals surface area contributed by atoms with Crippen LogP contribution in [0.2, 0.25) is 0 Å². The molecule has 0 spiro atoms. The van der Waals surface area contributed by atoms with Crippen LogP contribution in [0.1, 0.15) is 6.42 Å². The van der Waals surface area contributed by atoms with Crippen LogP contribution < -0.4 is 16.8 Å². The van der Waals surface area contributed by atoms with Gasteiger partial charge in [-0.25, -0.2) is 0 Å². The molecule has 0 radical (unpaired) electrons. The molecule has 0 aliphatic heterocycles. The van der Waals surface area contributed by atoms with Gasteiger partial charge in [0, 0.05) is 6.54 Å². The number of amides is 2.